The molecule has 0 amide bonds. The first kappa shape index (κ1) is 26.6. The van der Waals surface area contributed by atoms with Crippen LogP contribution in [0.2, 0.25) is 0 Å². The van der Waals surface area contributed by atoms with Gasteiger partial charge in [0.2, 0.25) is 0 Å². The maximum absolute atomic E-state index is 5.62. The van der Waals surface area contributed by atoms with E-state index in [9.17, 15) is 0 Å². The van der Waals surface area contributed by atoms with Crippen molar-refractivity contribution in [2.24, 2.45) is 10.9 Å². The fourth-order valence-corrected chi connectivity index (χ4v) is 3.93. The molecule has 2 N–H and O–H groups in total. The number of rotatable bonds is 12. The summed E-state index contributed by atoms with van der Waals surface area (Å²) < 4.78 is 5.62. The Labute approximate surface area is 198 Å². The summed E-state index contributed by atoms with van der Waals surface area (Å²) in [5, 5.41) is 10.1. The molecular formula is C21H40IN5OS. The number of unbranched alkanes of at least 4 members (excludes halogenated alkanes) is 1. The van der Waals surface area contributed by atoms with E-state index < -0.39 is 0 Å². The van der Waals surface area contributed by atoms with E-state index in [0.29, 0.717) is 5.92 Å². The Balaban J connectivity index is 0.00000420. The van der Waals surface area contributed by atoms with Crippen LogP contribution in [0.3, 0.4) is 0 Å². The van der Waals surface area contributed by atoms with Gasteiger partial charge in [-0.15, -0.1) is 35.3 Å². The third-order valence-electron chi connectivity index (χ3n) is 5.01. The van der Waals surface area contributed by atoms with Gasteiger partial charge >= 0.3 is 0 Å². The Bertz CT molecular complexity index is 561. The van der Waals surface area contributed by atoms with Crippen LogP contribution in [0.15, 0.2) is 10.4 Å². The summed E-state index contributed by atoms with van der Waals surface area (Å²) in [5.41, 5.74) is 1.22. The molecule has 0 saturated carbocycles. The van der Waals surface area contributed by atoms with Crippen molar-refractivity contribution in [2.45, 2.75) is 59.4 Å². The number of aliphatic imine (C=N–C) groups is 1. The van der Waals surface area contributed by atoms with E-state index >= 15 is 0 Å². The molecule has 0 atom stereocenters. The Morgan fingerprint density at radius 3 is 2.66 bits per heavy atom. The number of hydrogen-bond donors (Lipinski definition) is 2. The summed E-state index contributed by atoms with van der Waals surface area (Å²) >= 11 is 1.74. The molecule has 6 nitrogen and oxygen atoms in total. The van der Waals surface area contributed by atoms with E-state index in [-0.39, 0.29) is 24.0 Å². The third kappa shape index (κ3) is 11.5. The molecule has 0 spiro atoms. The number of nitrogens with zero attached hydrogens (tertiary/aromatic N) is 3. The van der Waals surface area contributed by atoms with Crippen LogP contribution < -0.4 is 10.6 Å². The van der Waals surface area contributed by atoms with Crippen molar-refractivity contribution in [3.8, 4) is 0 Å². The lowest BCUT2D eigenvalue weighted by Crippen LogP contribution is -2.39. The quantitative estimate of drug-likeness (QED) is 0.182. The van der Waals surface area contributed by atoms with E-state index in [2.05, 4.69) is 46.7 Å². The van der Waals surface area contributed by atoms with Gasteiger partial charge in [0.15, 0.2) is 5.96 Å². The van der Waals surface area contributed by atoms with Crippen LogP contribution in [-0.4, -0.2) is 61.8 Å². The van der Waals surface area contributed by atoms with Gasteiger partial charge in [0.05, 0.1) is 10.7 Å². The van der Waals surface area contributed by atoms with Crippen molar-refractivity contribution < 1.29 is 4.74 Å². The van der Waals surface area contributed by atoms with Gasteiger partial charge in [-0.3, -0.25) is 9.89 Å². The highest BCUT2D eigenvalue weighted by Crippen LogP contribution is 2.20. The zero-order chi connectivity index (χ0) is 20.0. The molecule has 0 bridgehead atoms. The predicted molar refractivity (Wildman–Crippen MR) is 135 cm³/mol. The van der Waals surface area contributed by atoms with Gasteiger partial charge in [-0.1, -0.05) is 13.3 Å². The first-order chi connectivity index (χ1) is 13.7. The molecule has 168 valence electrons. The number of hydrogen-bond acceptors (Lipinski definition) is 5. The first-order valence-corrected chi connectivity index (χ1v) is 11.8. The first-order valence-electron chi connectivity index (χ1n) is 10.9. The Hall–Kier alpha value is -0.450. The van der Waals surface area contributed by atoms with E-state index in [0.717, 1.165) is 76.3 Å². The van der Waals surface area contributed by atoms with Crippen molar-refractivity contribution in [3.63, 3.8) is 0 Å². The van der Waals surface area contributed by atoms with Crippen molar-refractivity contribution in [1.82, 2.24) is 20.5 Å². The highest BCUT2D eigenvalue weighted by Gasteiger charge is 2.19. The van der Waals surface area contributed by atoms with E-state index in [1.807, 2.05) is 0 Å². The number of halogens is 1. The normalized spacial score (nSPS) is 15.9. The standard InChI is InChI=1S/C21H39N5OS.HI/c1-4-6-13-27-14-7-10-23-21(22-5-2)24-15-19-8-11-26(12-9-19)16-20-17-28-18(3)25-20;/h17,19H,4-16H2,1-3H3,(H2,22,23,24);1H. The molecule has 2 heterocycles. The molecule has 0 radical (unpaired) electrons. The molecule has 1 aromatic rings. The molecule has 1 saturated heterocycles. The van der Waals surface area contributed by atoms with Crippen LogP contribution in [0.4, 0.5) is 0 Å². The minimum Gasteiger partial charge on any atom is -0.381 e. The number of aryl methyl sites for hydroxylation is 1. The van der Waals surface area contributed by atoms with Crippen molar-refractivity contribution >= 4 is 41.3 Å². The van der Waals surface area contributed by atoms with Crippen molar-refractivity contribution in [2.75, 3.05) is 45.9 Å². The summed E-state index contributed by atoms with van der Waals surface area (Å²) in [7, 11) is 0. The fourth-order valence-electron chi connectivity index (χ4n) is 3.33. The zero-order valence-electron chi connectivity index (χ0n) is 18.4. The van der Waals surface area contributed by atoms with Crippen molar-refractivity contribution in [1.29, 1.82) is 0 Å². The van der Waals surface area contributed by atoms with E-state index in [1.54, 1.807) is 11.3 Å². The van der Waals surface area contributed by atoms with E-state index in [1.165, 1.54) is 25.0 Å². The maximum Gasteiger partial charge on any atom is 0.191 e. The zero-order valence-corrected chi connectivity index (χ0v) is 21.6. The van der Waals surface area contributed by atoms with Gasteiger partial charge in [-0.2, -0.15) is 0 Å². The largest absolute Gasteiger partial charge is 0.381 e. The monoisotopic (exact) mass is 537 g/mol. The second kappa shape index (κ2) is 16.3. The molecule has 1 fully saturated rings. The minimum atomic E-state index is 0. The number of likely N-dealkylation sites (tertiary alicyclic amines) is 1. The molecular weight excluding hydrogens is 497 g/mol. The Morgan fingerprint density at radius 2 is 2.00 bits per heavy atom. The topological polar surface area (TPSA) is 61.8 Å². The molecule has 0 aromatic carbocycles. The lowest BCUT2D eigenvalue weighted by molar-refractivity contribution is 0.129. The van der Waals surface area contributed by atoms with Gasteiger partial charge in [-0.25, -0.2) is 4.98 Å². The second-order valence-corrected chi connectivity index (χ2v) is 8.61. The second-order valence-electron chi connectivity index (χ2n) is 7.54. The number of thiazole rings is 1. The molecule has 1 aliphatic rings. The van der Waals surface area contributed by atoms with Crippen LogP contribution in [0.5, 0.6) is 0 Å². The Kier molecular flexibility index (Phi) is 14.9. The van der Waals surface area contributed by atoms with Gasteiger partial charge in [0.1, 0.15) is 0 Å². The summed E-state index contributed by atoms with van der Waals surface area (Å²) in [6.45, 7) is 14.1. The van der Waals surface area contributed by atoms with Crippen LogP contribution in [0, 0.1) is 12.8 Å². The lowest BCUT2D eigenvalue weighted by Gasteiger charge is -2.30. The predicted octanol–water partition coefficient (Wildman–Crippen LogP) is 4.04. The van der Waals surface area contributed by atoms with Crippen molar-refractivity contribution in [3.05, 3.63) is 16.1 Å². The van der Waals surface area contributed by atoms with Gasteiger partial charge in [0, 0.05) is 44.8 Å². The Morgan fingerprint density at radius 1 is 1.24 bits per heavy atom. The number of guanidine groups is 1. The lowest BCUT2D eigenvalue weighted by atomic mass is 9.97. The molecule has 2 rings (SSSR count). The highest BCUT2D eigenvalue weighted by atomic mass is 127. The summed E-state index contributed by atoms with van der Waals surface area (Å²) in [6.07, 6.45) is 5.80. The molecule has 8 heteroatoms. The summed E-state index contributed by atoms with van der Waals surface area (Å²) in [5.74, 6) is 1.62. The smallest absolute Gasteiger partial charge is 0.191 e. The van der Waals surface area contributed by atoms with Gasteiger partial charge < -0.3 is 15.4 Å². The molecule has 29 heavy (non-hydrogen) atoms. The molecule has 1 aliphatic heterocycles. The third-order valence-corrected chi connectivity index (χ3v) is 5.83. The van der Waals surface area contributed by atoms with Gasteiger partial charge in [0.25, 0.3) is 0 Å². The summed E-state index contributed by atoms with van der Waals surface area (Å²) in [6, 6.07) is 0. The number of nitrogens with one attached hydrogen (secondary N) is 2. The van der Waals surface area contributed by atoms with Gasteiger partial charge in [-0.05, 0) is 58.5 Å². The van der Waals surface area contributed by atoms with Crippen LogP contribution >= 0.6 is 35.3 Å². The molecule has 1 aromatic heterocycles. The average Bonchev–Trinajstić information content (AvgIpc) is 3.11. The number of ether oxygens (including phenoxy) is 1. The maximum atomic E-state index is 5.62. The number of aromatic nitrogens is 1. The minimum absolute atomic E-state index is 0. The van der Waals surface area contributed by atoms with E-state index in [4.69, 9.17) is 9.73 Å². The van der Waals surface area contributed by atoms with Crippen LogP contribution in [0.1, 0.15) is 56.7 Å². The van der Waals surface area contributed by atoms with Crippen LogP contribution in [-0.2, 0) is 11.3 Å². The molecule has 0 unspecified atom stereocenters. The average molecular weight is 538 g/mol. The number of piperidine rings is 1. The summed E-state index contributed by atoms with van der Waals surface area (Å²) in [4.78, 5) is 11.9. The molecule has 0 aliphatic carbocycles. The SMILES string of the molecule is CCCCOCCCNC(=NCC1CCN(Cc2csc(C)n2)CC1)NCC.I. The highest BCUT2D eigenvalue weighted by molar-refractivity contribution is 14.0. The van der Waals surface area contributed by atoms with Crippen LogP contribution in [0.25, 0.3) is 0 Å². The fraction of sp³-hybridized carbons (Fsp3) is 0.810.